The van der Waals surface area contributed by atoms with Crippen molar-refractivity contribution in [1.29, 1.82) is 0 Å². The molecule has 0 bridgehead atoms. The number of fused-ring (bicyclic) bond motifs is 1. The summed E-state index contributed by atoms with van der Waals surface area (Å²) in [6.07, 6.45) is 2.34. The Labute approximate surface area is 168 Å². The largest absolute Gasteiger partial charge is 0.422 e. The van der Waals surface area contributed by atoms with Gasteiger partial charge < -0.3 is 9.73 Å². The highest BCUT2D eigenvalue weighted by molar-refractivity contribution is 7.10. The number of para-hydroxylation sites is 1. The van der Waals surface area contributed by atoms with E-state index in [4.69, 9.17) is 4.42 Å². The zero-order chi connectivity index (χ0) is 19.5. The molecule has 1 aromatic carbocycles. The van der Waals surface area contributed by atoms with Crippen LogP contribution >= 0.6 is 11.3 Å². The molecule has 5 nitrogen and oxygen atoms in total. The SMILES string of the molecule is CC1CCN([C@H](CNC(=O)c2cc3ccccc3oc2=O)c2cccs2)CC1. The molecule has 0 radical (unpaired) electrons. The van der Waals surface area contributed by atoms with Gasteiger partial charge in [-0.05, 0) is 55.4 Å². The van der Waals surface area contributed by atoms with E-state index in [9.17, 15) is 9.59 Å². The van der Waals surface area contributed by atoms with E-state index in [0.29, 0.717) is 12.1 Å². The molecule has 6 heteroatoms. The summed E-state index contributed by atoms with van der Waals surface area (Å²) in [5.74, 6) is 0.364. The highest BCUT2D eigenvalue weighted by Gasteiger charge is 2.26. The zero-order valence-corrected chi connectivity index (χ0v) is 16.7. The quantitative estimate of drug-likeness (QED) is 0.661. The van der Waals surface area contributed by atoms with Crippen LogP contribution in [-0.4, -0.2) is 30.4 Å². The van der Waals surface area contributed by atoms with Crippen LogP contribution in [0.2, 0.25) is 0 Å². The van der Waals surface area contributed by atoms with Crippen molar-refractivity contribution in [1.82, 2.24) is 10.2 Å². The van der Waals surface area contributed by atoms with Crippen molar-refractivity contribution < 1.29 is 9.21 Å². The highest BCUT2D eigenvalue weighted by atomic mass is 32.1. The lowest BCUT2D eigenvalue weighted by Gasteiger charge is -2.36. The third kappa shape index (κ3) is 4.03. The van der Waals surface area contributed by atoms with Gasteiger partial charge in [0.25, 0.3) is 5.91 Å². The molecule has 1 saturated heterocycles. The standard InChI is InChI=1S/C22H24N2O3S/c1-15-8-10-24(11-9-15)18(20-7-4-12-28-20)14-23-21(25)17-13-16-5-2-3-6-19(16)27-22(17)26/h2-7,12-13,15,18H,8-11,14H2,1H3,(H,23,25)/t18-/m1/s1. The molecule has 1 amide bonds. The fourth-order valence-corrected chi connectivity index (χ4v) is 4.60. The molecule has 0 spiro atoms. The maximum absolute atomic E-state index is 12.7. The predicted molar refractivity (Wildman–Crippen MR) is 112 cm³/mol. The summed E-state index contributed by atoms with van der Waals surface area (Å²) in [4.78, 5) is 28.7. The van der Waals surface area contributed by atoms with Crippen molar-refractivity contribution in [2.24, 2.45) is 5.92 Å². The van der Waals surface area contributed by atoms with Gasteiger partial charge in [-0.25, -0.2) is 4.79 Å². The predicted octanol–water partition coefficient (Wildman–Crippen LogP) is 4.06. The van der Waals surface area contributed by atoms with Gasteiger partial charge in [-0.15, -0.1) is 11.3 Å². The lowest BCUT2D eigenvalue weighted by molar-refractivity contribution is 0.0911. The van der Waals surface area contributed by atoms with Crippen LogP contribution in [0.4, 0.5) is 0 Å². The molecule has 1 aliphatic heterocycles. The Morgan fingerprint density at radius 2 is 2.04 bits per heavy atom. The van der Waals surface area contributed by atoms with E-state index < -0.39 is 5.63 Å². The number of nitrogens with one attached hydrogen (secondary N) is 1. The molecular formula is C22H24N2O3S. The minimum Gasteiger partial charge on any atom is -0.422 e. The number of amides is 1. The van der Waals surface area contributed by atoms with Crippen LogP contribution in [-0.2, 0) is 0 Å². The van der Waals surface area contributed by atoms with E-state index in [1.807, 2.05) is 18.2 Å². The van der Waals surface area contributed by atoms with Gasteiger partial charge in [0.1, 0.15) is 11.1 Å². The van der Waals surface area contributed by atoms with Crippen LogP contribution in [0.1, 0.15) is 41.0 Å². The van der Waals surface area contributed by atoms with E-state index in [1.165, 1.54) is 17.7 Å². The summed E-state index contributed by atoms with van der Waals surface area (Å²) in [5, 5.41) is 5.77. The molecule has 1 N–H and O–H groups in total. The van der Waals surface area contributed by atoms with Gasteiger partial charge in [0.2, 0.25) is 0 Å². The van der Waals surface area contributed by atoms with Gasteiger partial charge in [0.05, 0.1) is 6.04 Å². The number of nitrogens with zero attached hydrogens (tertiary/aromatic N) is 1. The molecule has 4 rings (SSSR count). The van der Waals surface area contributed by atoms with E-state index in [0.717, 1.165) is 24.4 Å². The van der Waals surface area contributed by atoms with Gasteiger partial charge >= 0.3 is 5.63 Å². The minimum atomic E-state index is -0.601. The maximum atomic E-state index is 12.7. The van der Waals surface area contributed by atoms with Gasteiger partial charge in [-0.1, -0.05) is 31.2 Å². The molecule has 3 heterocycles. The molecule has 146 valence electrons. The molecule has 0 unspecified atom stereocenters. The van der Waals surface area contributed by atoms with Gasteiger partial charge in [-0.3, -0.25) is 9.69 Å². The van der Waals surface area contributed by atoms with E-state index in [2.05, 4.69) is 28.6 Å². The molecule has 0 aliphatic carbocycles. The number of hydrogen-bond donors (Lipinski definition) is 1. The molecule has 1 aliphatic rings. The Bertz CT molecular complexity index is 1000. The highest BCUT2D eigenvalue weighted by Crippen LogP contribution is 2.29. The molecule has 1 fully saturated rings. The van der Waals surface area contributed by atoms with Crippen molar-refractivity contribution >= 4 is 28.2 Å². The first-order chi connectivity index (χ1) is 13.6. The number of thiophene rings is 1. The van der Waals surface area contributed by atoms with Crippen molar-refractivity contribution in [3.63, 3.8) is 0 Å². The number of rotatable bonds is 5. The Hall–Kier alpha value is -2.44. The summed E-state index contributed by atoms with van der Waals surface area (Å²) in [7, 11) is 0. The summed E-state index contributed by atoms with van der Waals surface area (Å²) in [6, 6.07) is 13.1. The van der Waals surface area contributed by atoms with Gasteiger partial charge in [-0.2, -0.15) is 0 Å². The fourth-order valence-electron chi connectivity index (χ4n) is 3.74. The van der Waals surface area contributed by atoms with E-state index in [-0.39, 0.29) is 17.5 Å². The Balaban J connectivity index is 1.51. The van der Waals surface area contributed by atoms with E-state index in [1.54, 1.807) is 29.5 Å². The lowest BCUT2D eigenvalue weighted by atomic mass is 9.97. The summed E-state index contributed by atoms with van der Waals surface area (Å²) >= 11 is 1.70. The fraction of sp³-hybridized carbons (Fsp3) is 0.364. The van der Waals surface area contributed by atoms with Crippen LogP contribution in [0.5, 0.6) is 0 Å². The summed E-state index contributed by atoms with van der Waals surface area (Å²) in [6.45, 7) is 4.81. The Kier molecular flexibility index (Phi) is 5.59. The molecule has 2 aromatic heterocycles. The van der Waals surface area contributed by atoms with Crippen LogP contribution in [0.3, 0.4) is 0 Å². The third-order valence-electron chi connectivity index (χ3n) is 5.47. The van der Waals surface area contributed by atoms with Crippen molar-refractivity contribution in [3.05, 3.63) is 68.7 Å². The maximum Gasteiger partial charge on any atom is 0.349 e. The Morgan fingerprint density at radius 1 is 1.25 bits per heavy atom. The summed E-state index contributed by atoms with van der Waals surface area (Å²) < 4.78 is 5.30. The molecule has 1 atom stereocenters. The summed E-state index contributed by atoms with van der Waals surface area (Å²) in [5.41, 5.74) is -0.0606. The molecular weight excluding hydrogens is 372 g/mol. The second-order valence-corrected chi connectivity index (χ2v) is 8.42. The van der Waals surface area contributed by atoms with Crippen molar-refractivity contribution in [2.45, 2.75) is 25.8 Å². The first kappa shape index (κ1) is 18.9. The lowest BCUT2D eigenvalue weighted by Crippen LogP contribution is -2.42. The number of benzene rings is 1. The monoisotopic (exact) mass is 396 g/mol. The molecule has 28 heavy (non-hydrogen) atoms. The van der Waals surface area contributed by atoms with Gasteiger partial charge in [0, 0.05) is 16.8 Å². The van der Waals surface area contributed by atoms with Crippen LogP contribution < -0.4 is 10.9 Å². The van der Waals surface area contributed by atoms with Crippen LogP contribution in [0.25, 0.3) is 11.0 Å². The molecule has 0 saturated carbocycles. The average Bonchev–Trinajstić information content (AvgIpc) is 3.23. The second kappa shape index (κ2) is 8.29. The van der Waals surface area contributed by atoms with E-state index >= 15 is 0 Å². The average molecular weight is 397 g/mol. The number of carbonyl (C=O) groups is 1. The minimum absolute atomic E-state index is 0.0518. The smallest absolute Gasteiger partial charge is 0.349 e. The first-order valence-electron chi connectivity index (χ1n) is 9.70. The first-order valence-corrected chi connectivity index (χ1v) is 10.6. The van der Waals surface area contributed by atoms with Gasteiger partial charge in [0.15, 0.2) is 0 Å². The second-order valence-electron chi connectivity index (χ2n) is 7.45. The zero-order valence-electron chi connectivity index (χ0n) is 15.9. The Morgan fingerprint density at radius 3 is 2.79 bits per heavy atom. The number of piperidine rings is 1. The number of likely N-dealkylation sites (tertiary alicyclic amines) is 1. The van der Waals surface area contributed by atoms with Crippen LogP contribution in [0.15, 0.2) is 57.1 Å². The normalized spacial score (nSPS) is 16.9. The van der Waals surface area contributed by atoms with Crippen molar-refractivity contribution in [3.8, 4) is 0 Å². The number of hydrogen-bond acceptors (Lipinski definition) is 5. The third-order valence-corrected chi connectivity index (χ3v) is 6.45. The molecule has 3 aromatic rings. The van der Waals surface area contributed by atoms with Crippen LogP contribution in [0, 0.1) is 5.92 Å². The van der Waals surface area contributed by atoms with Crippen molar-refractivity contribution in [2.75, 3.05) is 19.6 Å². The topological polar surface area (TPSA) is 62.6 Å². The number of carbonyl (C=O) groups excluding carboxylic acids is 1.